The Kier molecular flexibility index (Phi) is 4.12. The molecule has 0 spiro atoms. The van der Waals surface area contributed by atoms with Crippen LogP contribution in [0.15, 0.2) is 17.2 Å². The highest BCUT2D eigenvalue weighted by Crippen LogP contribution is 2.37. The fraction of sp³-hybridized carbons (Fsp3) is 0.733. The first-order valence-electron chi connectivity index (χ1n) is 7.85. The molecule has 0 radical (unpaired) electrons. The van der Waals surface area contributed by atoms with Crippen LogP contribution < -0.4 is 4.72 Å². The number of aliphatic hydroxyl groups excluding tert-OH is 1. The average Bonchev–Trinajstić information content (AvgIpc) is 2.98. The Labute approximate surface area is 126 Å². The molecular formula is C15H24N2O3S. The largest absolute Gasteiger partial charge is 0.390 e. The van der Waals surface area contributed by atoms with Gasteiger partial charge < -0.3 is 9.67 Å². The fourth-order valence-electron chi connectivity index (χ4n) is 3.33. The minimum atomic E-state index is -3.50. The van der Waals surface area contributed by atoms with E-state index in [4.69, 9.17) is 0 Å². The van der Waals surface area contributed by atoms with Crippen molar-refractivity contribution in [3.05, 3.63) is 18.0 Å². The zero-order valence-electron chi connectivity index (χ0n) is 12.5. The lowest BCUT2D eigenvalue weighted by Crippen LogP contribution is -2.37. The van der Waals surface area contributed by atoms with E-state index in [0.717, 1.165) is 25.7 Å². The first-order chi connectivity index (χ1) is 10.0. The molecule has 0 aliphatic heterocycles. The monoisotopic (exact) mass is 312 g/mol. The van der Waals surface area contributed by atoms with Crippen LogP contribution in [0.3, 0.4) is 0 Å². The summed E-state index contributed by atoms with van der Waals surface area (Å²) in [6.07, 6.45) is 8.41. The number of aromatic nitrogens is 1. The second kappa shape index (κ2) is 5.74. The second-order valence-electron chi connectivity index (χ2n) is 6.42. The van der Waals surface area contributed by atoms with Crippen molar-refractivity contribution in [2.75, 3.05) is 0 Å². The van der Waals surface area contributed by atoms with Crippen LogP contribution in [0.25, 0.3) is 0 Å². The highest BCUT2D eigenvalue weighted by atomic mass is 32.2. The number of hydrogen-bond donors (Lipinski definition) is 2. The highest BCUT2D eigenvalue weighted by Gasteiger charge is 2.30. The van der Waals surface area contributed by atoms with E-state index in [2.05, 4.69) is 4.72 Å². The molecule has 2 fully saturated rings. The summed E-state index contributed by atoms with van der Waals surface area (Å²) in [5, 5.41) is 9.39. The van der Waals surface area contributed by atoms with Crippen molar-refractivity contribution in [2.45, 2.75) is 69.0 Å². The van der Waals surface area contributed by atoms with Crippen LogP contribution in [-0.2, 0) is 16.6 Å². The van der Waals surface area contributed by atoms with E-state index in [1.807, 2.05) is 11.5 Å². The summed E-state index contributed by atoms with van der Waals surface area (Å²) in [4.78, 5) is 0.281. The van der Waals surface area contributed by atoms with Gasteiger partial charge in [0, 0.05) is 24.0 Å². The third kappa shape index (κ3) is 3.17. The standard InChI is InChI=1S/C15H24N2O3S/c1-11(12-4-2-3-5-12)16-21(19,20)15-8-14(10-18)17(9-15)13-6-7-13/h8-9,11-13,16,18H,2-7,10H2,1H3. The van der Waals surface area contributed by atoms with Crippen molar-refractivity contribution in [3.8, 4) is 0 Å². The van der Waals surface area contributed by atoms with Gasteiger partial charge in [-0.15, -0.1) is 0 Å². The van der Waals surface area contributed by atoms with Crippen molar-refractivity contribution in [2.24, 2.45) is 5.92 Å². The smallest absolute Gasteiger partial charge is 0.242 e. The Morgan fingerprint density at radius 2 is 2.00 bits per heavy atom. The third-order valence-electron chi connectivity index (χ3n) is 4.77. The summed E-state index contributed by atoms with van der Waals surface area (Å²) >= 11 is 0. The van der Waals surface area contributed by atoms with Gasteiger partial charge in [0.25, 0.3) is 0 Å². The summed E-state index contributed by atoms with van der Waals surface area (Å²) < 4.78 is 29.8. The van der Waals surface area contributed by atoms with Crippen molar-refractivity contribution < 1.29 is 13.5 Å². The van der Waals surface area contributed by atoms with Crippen LogP contribution in [0.4, 0.5) is 0 Å². The van der Waals surface area contributed by atoms with Gasteiger partial charge in [-0.05, 0) is 44.6 Å². The van der Waals surface area contributed by atoms with Crippen LogP contribution in [0.1, 0.15) is 57.2 Å². The van der Waals surface area contributed by atoms with Gasteiger partial charge in [-0.3, -0.25) is 0 Å². The Bertz CT molecular complexity index is 598. The molecule has 2 N–H and O–H groups in total. The van der Waals surface area contributed by atoms with Crippen molar-refractivity contribution in [1.82, 2.24) is 9.29 Å². The Morgan fingerprint density at radius 1 is 1.33 bits per heavy atom. The van der Waals surface area contributed by atoms with Crippen LogP contribution in [0.5, 0.6) is 0 Å². The Morgan fingerprint density at radius 3 is 2.57 bits per heavy atom. The number of nitrogens with one attached hydrogen (secondary N) is 1. The predicted octanol–water partition coefficient (Wildman–Crippen LogP) is 2.17. The summed E-state index contributed by atoms with van der Waals surface area (Å²) in [6.45, 7) is 1.84. The average molecular weight is 312 g/mol. The van der Waals surface area contributed by atoms with Gasteiger partial charge in [0.15, 0.2) is 0 Å². The molecule has 1 aromatic rings. The summed E-state index contributed by atoms with van der Waals surface area (Å²) in [7, 11) is -3.50. The first kappa shape index (κ1) is 15.1. The lowest BCUT2D eigenvalue weighted by atomic mass is 10.0. The van der Waals surface area contributed by atoms with Crippen molar-refractivity contribution >= 4 is 10.0 Å². The molecule has 6 heteroatoms. The molecule has 0 amide bonds. The quantitative estimate of drug-likeness (QED) is 0.845. The summed E-state index contributed by atoms with van der Waals surface area (Å²) in [5.41, 5.74) is 0.686. The van der Waals surface area contributed by atoms with E-state index in [9.17, 15) is 13.5 Å². The molecule has 118 valence electrons. The van der Waals surface area contributed by atoms with E-state index in [-0.39, 0.29) is 17.5 Å². The van der Waals surface area contributed by atoms with Crippen molar-refractivity contribution in [1.29, 1.82) is 0 Å². The molecule has 5 nitrogen and oxygen atoms in total. The molecule has 0 aromatic carbocycles. The van der Waals surface area contributed by atoms with Crippen LogP contribution in [0.2, 0.25) is 0 Å². The maximum Gasteiger partial charge on any atom is 0.242 e. The van der Waals surface area contributed by atoms with Gasteiger partial charge in [0.05, 0.1) is 11.5 Å². The summed E-state index contributed by atoms with van der Waals surface area (Å²) in [6, 6.07) is 1.94. The number of nitrogens with zero attached hydrogens (tertiary/aromatic N) is 1. The van der Waals surface area contributed by atoms with Crippen LogP contribution in [-0.4, -0.2) is 24.1 Å². The zero-order chi connectivity index (χ0) is 15.0. The number of hydrogen-bond acceptors (Lipinski definition) is 3. The van der Waals surface area contributed by atoms with Gasteiger partial charge >= 0.3 is 0 Å². The molecular weight excluding hydrogens is 288 g/mol. The van der Waals surface area contributed by atoms with Gasteiger partial charge in [0.2, 0.25) is 10.0 Å². The normalized spacial score (nSPS) is 21.8. The molecule has 1 aromatic heterocycles. The molecule has 2 saturated carbocycles. The molecule has 0 bridgehead atoms. The van der Waals surface area contributed by atoms with Crippen LogP contribution >= 0.6 is 0 Å². The van der Waals surface area contributed by atoms with Gasteiger partial charge in [-0.1, -0.05) is 12.8 Å². The van der Waals surface area contributed by atoms with E-state index < -0.39 is 10.0 Å². The SMILES string of the molecule is CC(NS(=O)(=O)c1cc(CO)n(C2CC2)c1)C1CCCC1. The second-order valence-corrected chi connectivity index (χ2v) is 8.13. The van der Waals surface area contributed by atoms with E-state index in [0.29, 0.717) is 17.7 Å². The molecule has 1 heterocycles. The zero-order valence-corrected chi connectivity index (χ0v) is 13.3. The third-order valence-corrected chi connectivity index (χ3v) is 6.29. The van der Waals surface area contributed by atoms with E-state index >= 15 is 0 Å². The minimum absolute atomic E-state index is 0.0284. The fourth-order valence-corrected chi connectivity index (χ4v) is 4.69. The van der Waals surface area contributed by atoms with Gasteiger partial charge in [0.1, 0.15) is 0 Å². The van der Waals surface area contributed by atoms with E-state index in [1.54, 1.807) is 12.3 Å². The Balaban J connectivity index is 1.77. The number of sulfonamides is 1. The number of aliphatic hydroxyl groups is 1. The lowest BCUT2D eigenvalue weighted by Gasteiger charge is -2.19. The predicted molar refractivity (Wildman–Crippen MR) is 80.4 cm³/mol. The topological polar surface area (TPSA) is 71.3 Å². The maximum atomic E-state index is 12.5. The molecule has 0 saturated heterocycles. The molecule has 3 rings (SSSR count). The minimum Gasteiger partial charge on any atom is -0.390 e. The van der Waals surface area contributed by atoms with Gasteiger partial charge in [-0.25, -0.2) is 13.1 Å². The molecule has 1 atom stereocenters. The molecule has 1 unspecified atom stereocenters. The van der Waals surface area contributed by atoms with Crippen LogP contribution in [0, 0.1) is 5.92 Å². The molecule has 2 aliphatic rings. The first-order valence-corrected chi connectivity index (χ1v) is 9.33. The Hall–Kier alpha value is -0.850. The number of rotatable bonds is 6. The molecule has 2 aliphatic carbocycles. The van der Waals surface area contributed by atoms with E-state index in [1.165, 1.54) is 12.8 Å². The lowest BCUT2D eigenvalue weighted by molar-refractivity contribution is 0.270. The maximum absolute atomic E-state index is 12.5. The summed E-state index contributed by atoms with van der Waals surface area (Å²) in [5.74, 6) is 0.447. The van der Waals surface area contributed by atoms with Crippen molar-refractivity contribution in [3.63, 3.8) is 0 Å². The van der Waals surface area contributed by atoms with Gasteiger partial charge in [-0.2, -0.15) is 0 Å². The highest BCUT2D eigenvalue weighted by molar-refractivity contribution is 7.89. The molecule has 21 heavy (non-hydrogen) atoms.